The van der Waals surface area contributed by atoms with E-state index in [-0.39, 0.29) is 5.91 Å². The van der Waals surface area contributed by atoms with E-state index in [4.69, 9.17) is 0 Å². The summed E-state index contributed by atoms with van der Waals surface area (Å²) < 4.78 is 0. The van der Waals surface area contributed by atoms with Crippen molar-refractivity contribution >= 4 is 12.1 Å². The van der Waals surface area contributed by atoms with Crippen LogP contribution in [0.15, 0.2) is 28.4 Å². The summed E-state index contributed by atoms with van der Waals surface area (Å²) in [5.41, 5.74) is 1.66. The topological polar surface area (TPSA) is 32.7 Å². The number of likely N-dealkylation sites (N-methyl/N-ethyl adjacent to an activating group) is 1. The molecule has 0 N–H and O–H groups in total. The first-order chi connectivity index (χ1) is 5.79. The van der Waals surface area contributed by atoms with Crippen LogP contribution < -0.4 is 0 Å². The highest BCUT2D eigenvalue weighted by Gasteiger charge is 2.25. The smallest absolute Gasteiger partial charge is 0.272 e. The van der Waals surface area contributed by atoms with Crippen LogP contribution >= 0.6 is 0 Å². The molecule has 0 aromatic rings. The van der Waals surface area contributed by atoms with Gasteiger partial charge >= 0.3 is 0 Å². The molecule has 2 heterocycles. The molecular formula is C9H10N2O. The highest BCUT2D eigenvalue weighted by Crippen LogP contribution is 2.21. The van der Waals surface area contributed by atoms with E-state index in [1.165, 1.54) is 0 Å². The molecule has 0 unspecified atom stereocenters. The zero-order valence-corrected chi connectivity index (χ0v) is 6.95. The predicted molar refractivity (Wildman–Crippen MR) is 46.9 cm³/mol. The zero-order valence-electron chi connectivity index (χ0n) is 6.95. The van der Waals surface area contributed by atoms with Crippen LogP contribution in [0.3, 0.4) is 0 Å². The minimum atomic E-state index is 0.0350. The van der Waals surface area contributed by atoms with Crippen molar-refractivity contribution in [3.63, 3.8) is 0 Å². The van der Waals surface area contributed by atoms with E-state index in [9.17, 15) is 4.79 Å². The number of nitrogens with zero attached hydrogens (tertiary/aromatic N) is 2. The first kappa shape index (κ1) is 7.28. The zero-order chi connectivity index (χ0) is 8.55. The van der Waals surface area contributed by atoms with Crippen molar-refractivity contribution in [2.75, 3.05) is 13.6 Å². The average molecular weight is 162 g/mol. The monoisotopic (exact) mass is 162 g/mol. The van der Waals surface area contributed by atoms with Crippen LogP contribution in [0.5, 0.6) is 0 Å². The van der Waals surface area contributed by atoms with Gasteiger partial charge in [0.2, 0.25) is 0 Å². The van der Waals surface area contributed by atoms with Gasteiger partial charge in [-0.1, -0.05) is 12.2 Å². The van der Waals surface area contributed by atoms with Crippen LogP contribution in [0.4, 0.5) is 0 Å². The fourth-order valence-corrected chi connectivity index (χ4v) is 1.41. The minimum Gasteiger partial charge on any atom is -0.336 e. The summed E-state index contributed by atoms with van der Waals surface area (Å²) in [5, 5.41) is 0. The van der Waals surface area contributed by atoms with E-state index >= 15 is 0 Å². The Morgan fingerprint density at radius 3 is 3.25 bits per heavy atom. The minimum absolute atomic E-state index is 0.0350. The molecular weight excluding hydrogens is 152 g/mol. The molecule has 0 spiro atoms. The molecule has 12 heavy (non-hydrogen) atoms. The number of hydrogen-bond acceptors (Lipinski definition) is 2. The highest BCUT2D eigenvalue weighted by atomic mass is 16.2. The Hall–Kier alpha value is -1.38. The van der Waals surface area contributed by atoms with Gasteiger partial charge in [-0.05, 0) is 0 Å². The Labute approximate surface area is 71.1 Å². The van der Waals surface area contributed by atoms with Crippen molar-refractivity contribution < 1.29 is 4.79 Å². The molecule has 0 bridgehead atoms. The molecule has 3 heteroatoms. The van der Waals surface area contributed by atoms with Crippen molar-refractivity contribution in [1.29, 1.82) is 0 Å². The van der Waals surface area contributed by atoms with Crippen molar-refractivity contribution in [3.8, 4) is 0 Å². The Kier molecular flexibility index (Phi) is 1.57. The standard InChI is InChI=1S/C9H10N2O/c1-11-6-7-4-2-3-5-10-8(7)9(11)12/h2,4-5H,3,6H2,1H3. The Morgan fingerprint density at radius 1 is 1.58 bits per heavy atom. The predicted octanol–water partition coefficient (Wildman–Crippen LogP) is 0.743. The summed E-state index contributed by atoms with van der Waals surface area (Å²) in [7, 11) is 1.79. The summed E-state index contributed by atoms with van der Waals surface area (Å²) in [6.07, 6.45) is 6.61. The third kappa shape index (κ3) is 0.978. The molecule has 0 fully saturated rings. The van der Waals surface area contributed by atoms with Crippen molar-refractivity contribution in [1.82, 2.24) is 4.90 Å². The molecule has 0 aliphatic carbocycles. The lowest BCUT2D eigenvalue weighted by Crippen LogP contribution is -2.21. The van der Waals surface area contributed by atoms with E-state index in [0.29, 0.717) is 12.2 Å². The quantitative estimate of drug-likeness (QED) is 0.517. The summed E-state index contributed by atoms with van der Waals surface area (Å²) >= 11 is 0. The van der Waals surface area contributed by atoms with Crippen LogP contribution in [0.2, 0.25) is 0 Å². The SMILES string of the molecule is CN1CC2=C(N=CCC=C2)C1=O. The third-order valence-electron chi connectivity index (χ3n) is 2.04. The molecule has 2 rings (SSSR count). The maximum absolute atomic E-state index is 11.4. The van der Waals surface area contributed by atoms with Gasteiger partial charge in [0.15, 0.2) is 0 Å². The van der Waals surface area contributed by atoms with Crippen LogP contribution in [-0.2, 0) is 4.79 Å². The molecule has 2 aliphatic heterocycles. The van der Waals surface area contributed by atoms with Gasteiger partial charge in [0.05, 0.1) is 0 Å². The number of rotatable bonds is 0. The van der Waals surface area contributed by atoms with Gasteiger partial charge in [-0.2, -0.15) is 0 Å². The summed E-state index contributed by atoms with van der Waals surface area (Å²) in [4.78, 5) is 17.2. The number of hydrogen-bond donors (Lipinski definition) is 0. The van der Waals surface area contributed by atoms with Crippen LogP contribution in [-0.4, -0.2) is 30.6 Å². The number of aliphatic imine (C=N–C) groups is 1. The van der Waals surface area contributed by atoms with Gasteiger partial charge in [-0.25, -0.2) is 0 Å². The van der Waals surface area contributed by atoms with E-state index < -0.39 is 0 Å². The summed E-state index contributed by atoms with van der Waals surface area (Å²) in [6, 6.07) is 0. The number of carbonyl (C=O) groups excluding carboxylic acids is 1. The summed E-state index contributed by atoms with van der Waals surface area (Å²) in [5.74, 6) is 0.0350. The van der Waals surface area contributed by atoms with Gasteiger partial charge in [0.1, 0.15) is 5.70 Å². The van der Waals surface area contributed by atoms with Crippen LogP contribution in [0.25, 0.3) is 0 Å². The highest BCUT2D eigenvalue weighted by molar-refractivity contribution is 5.98. The lowest BCUT2D eigenvalue weighted by atomic mass is 10.2. The first-order valence-corrected chi connectivity index (χ1v) is 3.97. The fraction of sp³-hybridized carbons (Fsp3) is 0.333. The van der Waals surface area contributed by atoms with Crippen LogP contribution in [0, 0.1) is 0 Å². The molecule has 0 saturated heterocycles. The largest absolute Gasteiger partial charge is 0.336 e. The maximum Gasteiger partial charge on any atom is 0.272 e. The lowest BCUT2D eigenvalue weighted by Gasteiger charge is -2.06. The fourth-order valence-electron chi connectivity index (χ4n) is 1.41. The molecule has 0 radical (unpaired) electrons. The van der Waals surface area contributed by atoms with E-state index in [1.54, 1.807) is 18.2 Å². The van der Waals surface area contributed by atoms with Gasteiger partial charge in [0.25, 0.3) is 5.91 Å². The number of amides is 1. The third-order valence-corrected chi connectivity index (χ3v) is 2.04. The second-order valence-electron chi connectivity index (χ2n) is 2.98. The number of carbonyl (C=O) groups is 1. The molecule has 62 valence electrons. The molecule has 0 aromatic heterocycles. The maximum atomic E-state index is 11.4. The molecule has 2 aliphatic rings. The van der Waals surface area contributed by atoms with E-state index in [0.717, 1.165) is 12.0 Å². The molecule has 0 aromatic carbocycles. The lowest BCUT2D eigenvalue weighted by molar-refractivity contribution is -0.124. The summed E-state index contributed by atoms with van der Waals surface area (Å²) in [6.45, 7) is 0.696. The van der Waals surface area contributed by atoms with E-state index in [1.807, 2.05) is 12.2 Å². The molecule has 0 atom stereocenters. The first-order valence-electron chi connectivity index (χ1n) is 3.97. The van der Waals surface area contributed by atoms with Gasteiger partial charge < -0.3 is 4.90 Å². The Morgan fingerprint density at radius 2 is 2.42 bits per heavy atom. The molecule has 1 amide bonds. The average Bonchev–Trinajstić information content (AvgIpc) is 2.30. The Bertz CT molecular complexity index is 312. The second kappa shape index (κ2) is 2.59. The van der Waals surface area contributed by atoms with Crippen LogP contribution in [0.1, 0.15) is 6.42 Å². The molecule has 0 saturated carbocycles. The molecule has 3 nitrogen and oxygen atoms in total. The Balaban J connectivity index is 2.41. The van der Waals surface area contributed by atoms with Gasteiger partial charge in [-0.15, -0.1) is 0 Å². The number of allylic oxidation sites excluding steroid dienone is 1. The van der Waals surface area contributed by atoms with Crippen molar-refractivity contribution in [3.05, 3.63) is 23.4 Å². The van der Waals surface area contributed by atoms with Gasteiger partial charge in [-0.3, -0.25) is 9.79 Å². The van der Waals surface area contributed by atoms with Crippen molar-refractivity contribution in [2.45, 2.75) is 6.42 Å². The normalized spacial score (nSPS) is 21.8. The van der Waals surface area contributed by atoms with Crippen molar-refractivity contribution in [2.24, 2.45) is 4.99 Å². The van der Waals surface area contributed by atoms with E-state index in [2.05, 4.69) is 4.99 Å². The van der Waals surface area contributed by atoms with Gasteiger partial charge in [0, 0.05) is 31.8 Å². The second-order valence-corrected chi connectivity index (χ2v) is 2.98.